The molecule has 0 saturated heterocycles. The van der Waals surface area contributed by atoms with Crippen molar-refractivity contribution in [2.75, 3.05) is 13.2 Å². The van der Waals surface area contributed by atoms with E-state index in [9.17, 15) is 4.79 Å². The second-order valence-electron chi connectivity index (χ2n) is 5.76. The van der Waals surface area contributed by atoms with Gasteiger partial charge in [-0.25, -0.2) is 0 Å². The molecule has 1 unspecified atom stereocenters. The van der Waals surface area contributed by atoms with Crippen LogP contribution in [0.2, 0.25) is 0 Å². The molecule has 0 heterocycles. The van der Waals surface area contributed by atoms with E-state index in [0.717, 1.165) is 5.75 Å². The Morgan fingerprint density at radius 2 is 1.95 bits per heavy atom. The van der Waals surface area contributed by atoms with Gasteiger partial charge in [-0.3, -0.25) is 4.79 Å². The summed E-state index contributed by atoms with van der Waals surface area (Å²) in [7, 11) is 0. The lowest BCUT2D eigenvalue weighted by atomic mass is 10.0. The quantitative estimate of drug-likeness (QED) is 0.813. The van der Waals surface area contributed by atoms with Crippen molar-refractivity contribution in [3.8, 4) is 5.75 Å². The first-order chi connectivity index (χ1) is 9.60. The molecule has 0 aromatic heterocycles. The lowest BCUT2D eigenvalue weighted by molar-refractivity contribution is -0.123. The molecule has 1 fully saturated rings. The highest BCUT2D eigenvalue weighted by Gasteiger charge is 2.31. The molecule has 2 rings (SSSR count). The van der Waals surface area contributed by atoms with Crippen LogP contribution in [0.5, 0.6) is 5.75 Å². The number of hydrogen-bond acceptors (Lipinski definition) is 3. The summed E-state index contributed by atoms with van der Waals surface area (Å²) < 4.78 is 5.50. The predicted octanol–water partition coefficient (Wildman–Crippen LogP) is 2.46. The molecule has 0 radical (unpaired) electrons. The Morgan fingerprint density at radius 3 is 2.43 bits per heavy atom. The summed E-state index contributed by atoms with van der Waals surface area (Å²) in [5.74, 6) is 1.69. The third-order valence-electron chi connectivity index (χ3n) is 3.71. The Hall–Kier alpha value is -1.26. The van der Waals surface area contributed by atoms with E-state index in [2.05, 4.69) is 19.2 Å². The average Bonchev–Trinajstić information content (AvgIpc) is 3.27. The first-order valence-corrected chi connectivity index (χ1v) is 7.32. The van der Waals surface area contributed by atoms with Gasteiger partial charge in [0, 0.05) is 12.6 Å². The number of hydrogen-bond donors (Lipinski definition) is 2. The number of halogens is 1. The third-order valence-corrected chi connectivity index (χ3v) is 3.71. The molecule has 118 valence electrons. The second-order valence-corrected chi connectivity index (χ2v) is 5.76. The van der Waals surface area contributed by atoms with Crippen molar-refractivity contribution in [1.29, 1.82) is 0 Å². The van der Waals surface area contributed by atoms with E-state index in [1.807, 2.05) is 24.3 Å². The molecular weight excluding hydrogens is 288 g/mol. The Bertz CT molecular complexity index is 444. The molecule has 0 bridgehead atoms. The molecule has 4 nitrogen and oxygen atoms in total. The Balaban J connectivity index is 0.00000220. The molecule has 3 N–H and O–H groups in total. The van der Waals surface area contributed by atoms with Crippen LogP contribution in [0.1, 0.15) is 38.2 Å². The van der Waals surface area contributed by atoms with Gasteiger partial charge in [0.25, 0.3) is 5.91 Å². The van der Waals surface area contributed by atoms with Crippen molar-refractivity contribution in [3.63, 3.8) is 0 Å². The van der Waals surface area contributed by atoms with Gasteiger partial charge in [0.2, 0.25) is 0 Å². The Kier molecular flexibility index (Phi) is 6.99. The monoisotopic (exact) mass is 312 g/mol. The van der Waals surface area contributed by atoms with E-state index in [1.54, 1.807) is 0 Å². The number of nitrogens with two attached hydrogens (primary N) is 1. The smallest absolute Gasteiger partial charge is 0.258 e. The van der Waals surface area contributed by atoms with E-state index in [1.165, 1.54) is 18.4 Å². The fourth-order valence-corrected chi connectivity index (χ4v) is 2.21. The molecule has 5 heteroatoms. The van der Waals surface area contributed by atoms with Crippen LogP contribution in [-0.4, -0.2) is 25.1 Å². The van der Waals surface area contributed by atoms with Gasteiger partial charge < -0.3 is 15.8 Å². The number of nitrogens with one attached hydrogen (secondary N) is 1. The Labute approximate surface area is 132 Å². The number of carbonyl (C=O) groups is 1. The summed E-state index contributed by atoms with van der Waals surface area (Å²) in [4.78, 5) is 11.8. The second kappa shape index (κ2) is 8.25. The lowest BCUT2D eigenvalue weighted by Crippen LogP contribution is -2.43. The number of amides is 1. The fraction of sp³-hybridized carbons (Fsp3) is 0.562. The van der Waals surface area contributed by atoms with Crippen LogP contribution >= 0.6 is 12.4 Å². The molecule has 1 aliphatic carbocycles. The number of carbonyl (C=O) groups excluding carboxylic acids is 1. The molecular formula is C16H25ClN2O2. The normalized spacial score (nSPS) is 15.2. The van der Waals surface area contributed by atoms with Crippen molar-refractivity contribution in [1.82, 2.24) is 5.32 Å². The first kappa shape index (κ1) is 17.8. The van der Waals surface area contributed by atoms with E-state index in [-0.39, 0.29) is 31.0 Å². The van der Waals surface area contributed by atoms with Crippen molar-refractivity contribution in [3.05, 3.63) is 29.8 Å². The average molecular weight is 313 g/mol. The minimum Gasteiger partial charge on any atom is -0.484 e. The summed E-state index contributed by atoms with van der Waals surface area (Å²) in [6.07, 6.45) is 2.33. The van der Waals surface area contributed by atoms with Crippen LogP contribution < -0.4 is 15.8 Å². The number of benzene rings is 1. The van der Waals surface area contributed by atoms with E-state index in [0.29, 0.717) is 18.4 Å². The van der Waals surface area contributed by atoms with Crippen LogP contribution in [0.15, 0.2) is 24.3 Å². The molecule has 0 aliphatic heterocycles. The summed E-state index contributed by atoms with van der Waals surface area (Å²) in [5, 5.41) is 2.94. The SMILES string of the molecule is CC(C)c1ccc(OCC(=O)NC(CN)C2CC2)cc1.Cl. The van der Waals surface area contributed by atoms with Crippen molar-refractivity contribution in [2.24, 2.45) is 11.7 Å². The van der Waals surface area contributed by atoms with Gasteiger partial charge in [0.15, 0.2) is 6.61 Å². The molecule has 1 amide bonds. The highest BCUT2D eigenvalue weighted by Crippen LogP contribution is 2.32. The highest BCUT2D eigenvalue weighted by atomic mass is 35.5. The van der Waals surface area contributed by atoms with Crippen molar-refractivity contribution < 1.29 is 9.53 Å². The molecule has 1 saturated carbocycles. The van der Waals surface area contributed by atoms with Gasteiger partial charge in [0.05, 0.1) is 0 Å². The zero-order valence-corrected chi connectivity index (χ0v) is 13.5. The van der Waals surface area contributed by atoms with Crippen LogP contribution in [0, 0.1) is 5.92 Å². The standard InChI is InChI=1S/C16H24N2O2.ClH/c1-11(2)12-5-7-14(8-6-12)20-10-16(19)18-15(9-17)13-3-4-13;/h5-8,11,13,15H,3-4,9-10,17H2,1-2H3,(H,18,19);1H. The van der Waals surface area contributed by atoms with E-state index >= 15 is 0 Å². The molecule has 1 aliphatic rings. The van der Waals surface area contributed by atoms with Gasteiger partial charge in [-0.2, -0.15) is 0 Å². The van der Waals surface area contributed by atoms with Crippen molar-refractivity contribution >= 4 is 18.3 Å². The number of rotatable bonds is 7. The van der Waals surface area contributed by atoms with Crippen LogP contribution in [0.25, 0.3) is 0 Å². The molecule has 21 heavy (non-hydrogen) atoms. The highest BCUT2D eigenvalue weighted by molar-refractivity contribution is 5.85. The summed E-state index contributed by atoms with van der Waals surface area (Å²) >= 11 is 0. The zero-order chi connectivity index (χ0) is 14.5. The van der Waals surface area contributed by atoms with Gasteiger partial charge in [0.1, 0.15) is 5.75 Å². The van der Waals surface area contributed by atoms with E-state index in [4.69, 9.17) is 10.5 Å². The van der Waals surface area contributed by atoms with Gasteiger partial charge in [-0.05, 0) is 42.4 Å². The largest absolute Gasteiger partial charge is 0.484 e. The van der Waals surface area contributed by atoms with Gasteiger partial charge in [-0.15, -0.1) is 12.4 Å². The maximum atomic E-state index is 11.8. The fourth-order valence-electron chi connectivity index (χ4n) is 2.21. The van der Waals surface area contributed by atoms with Crippen LogP contribution in [-0.2, 0) is 4.79 Å². The molecule has 1 aromatic rings. The maximum Gasteiger partial charge on any atom is 0.258 e. The number of ether oxygens (including phenoxy) is 1. The van der Waals surface area contributed by atoms with Gasteiger partial charge in [-0.1, -0.05) is 26.0 Å². The summed E-state index contributed by atoms with van der Waals surface area (Å²) in [6, 6.07) is 7.98. The molecule has 1 atom stereocenters. The minimum absolute atomic E-state index is 0. The van der Waals surface area contributed by atoms with Crippen molar-refractivity contribution in [2.45, 2.75) is 38.6 Å². The molecule has 0 spiro atoms. The summed E-state index contributed by atoms with van der Waals surface area (Å²) in [5.41, 5.74) is 6.92. The Morgan fingerprint density at radius 1 is 1.33 bits per heavy atom. The van der Waals surface area contributed by atoms with E-state index < -0.39 is 0 Å². The first-order valence-electron chi connectivity index (χ1n) is 7.32. The van der Waals surface area contributed by atoms with Gasteiger partial charge >= 0.3 is 0 Å². The third kappa shape index (κ3) is 5.56. The molecule has 1 aromatic carbocycles. The zero-order valence-electron chi connectivity index (χ0n) is 12.7. The lowest BCUT2D eigenvalue weighted by Gasteiger charge is -2.16. The minimum atomic E-state index is -0.0970. The maximum absolute atomic E-state index is 11.8. The predicted molar refractivity (Wildman–Crippen MR) is 87.0 cm³/mol. The van der Waals surface area contributed by atoms with Crippen LogP contribution in [0.4, 0.5) is 0 Å². The summed E-state index contributed by atoms with van der Waals surface area (Å²) in [6.45, 7) is 4.84. The topological polar surface area (TPSA) is 64.3 Å². The van der Waals surface area contributed by atoms with Crippen LogP contribution in [0.3, 0.4) is 0 Å².